The van der Waals surface area contributed by atoms with Crippen LogP contribution >= 0.6 is 11.8 Å². The topological polar surface area (TPSA) is 98.0 Å². The fourth-order valence-corrected chi connectivity index (χ4v) is 5.41. The number of halogens is 3. The number of nitrogens with zero attached hydrogens (tertiary/aromatic N) is 5. The van der Waals surface area contributed by atoms with Gasteiger partial charge in [-0.3, -0.25) is 0 Å². The molecular weight excluding hydrogens is 481 g/mol. The summed E-state index contributed by atoms with van der Waals surface area (Å²) in [6.07, 6.45) is -1.83. The zero-order valence-electron chi connectivity index (χ0n) is 19.0. The molecule has 8 nitrogen and oxygen atoms in total. The van der Waals surface area contributed by atoms with Crippen molar-refractivity contribution in [2.24, 2.45) is 0 Å². The van der Waals surface area contributed by atoms with Gasteiger partial charge < -0.3 is 15.2 Å². The summed E-state index contributed by atoms with van der Waals surface area (Å²) in [5.74, 6) is 0.689. The number of rotatable bonds is 10. The van der Waals surface area contributed by atoms with Gasteiger partial charge in [-0.2, -0.15) is 13.2 Å². The number of fused-ring (bicyclic) bond motifs is 1. The molecule has 2 saturated carbocycles. The van der Waals surface area contributed by atoms with Crippen molar-refractivity contribution in [2.75, 3.05) is 24.3 Å². The van der Waals surface area contributed by atoms with Gasteiger partial charge in [-0.1, -0.05) is 47.3 Å². The van der Waals surface area contributed by atoms with Crippen LogP contribution in [0.1, 0.15) is 49.6 Å². The molecule has 5 rings (SSSR count). The highest BCUT2D eigenvalue weighted by Gasteiger charge is 2.39. The van der Waals surface area contributed by atoms with E-state index < -0.39 is 12.6 Å². The summed E-state index contributed by atoms with van der Waals surface area (Å²) in [6.45, 7) is 0.259. The molecule has 2 aliphatic rings. The van der Waals surface area contributed by atoms with Crippen molar-refractivity contribution < 1.29 is 23.0 Å². The molecule has 0 spiro atoms. The number of anilines is 1. The molecular formula is C23H27F3N6O2S. The highest BCUT2D eigenvalue weighted by atomic mass is 32.2. The van der Waals surface area contributed by atoms with Crippen molar-refractivity contribution in [2.45, 2.75) is 67.5 Å². The Kier molecular flexibility index (Phi) is 7.12. The first kappa shape index (κ1) is 24.3. The summed E-state index contributed by atoms with van der Waals surface area (Å²) in [4.78, 5) is 9.08. The average molecular weight is 509 g/mol. The maximum absolute atomic E-state index is 12.7. The average Bonchev–Trinajstić information content (AvgIpc) is 3.23. The summed E-state index contributed by atoms with van der Waals surface area (Å²) in [7, 11) is 0. The first-order valence-corrected chi connectivity index (χ1v) is 12.8. The van der Waals surface area contributed by atoms with E-state index in [2.05, 4.69) is 37.7 Å². The monoisotopic (exact) mass is 508 g/mol. The fraction of sp³-hybridized carbons (Fsp3) is 0.565. The van der Waals surface area contributed by atoms with Crippen LogP contribution in [0, 0.1) is 0 Å². The van der Waals surface area contributed by atoms with Crippen LogP contribution < -0.4 is 5.32 Å². The lowest BCUT2D eigenvalue weighted by atomic mass is 10.1. The summed E-state index contributed by atoms with van der Waals surface area (Å²) in [5.41, 5.74) is 2.27. The maximum atomic E-state index is 12.7. The van der Waals surface area contributed by atoms with Crippen molar-refractivity contribution >= 4 is 28.7 Å². The standard InChI is InChI=1S/C23H27F3N6O2S/c24-23(25,26)8-11-35-22-28-20(27-18-13-17(18)14-4-2-1-3-5-14)19-21(29-22)32(31-30-19)15-6-7-16(12-15)34-10-9-33/h1-5,15-18,33H,6-13H2,(H,27,28,29)/t15?,16?,17-,18?/m0/s1. The molecule has 0 amide bonds. The van der Waals surface area contributed by atoms with Crippen LogP contribution in [0.5, 0.6) is 0 Å². The van der Waals surface area contributed by atoms with E-state index in [0.29, 0.717) is 29.3 Å². The third-order valence-electron chi connectivity index (χ3n) is 6.41. The maximum Gasteiger partial charge on any atom is 0.389 e. The highest BCUT2D eigenvalue weighted by Crippen LogP contribution is 2.43. The molecule has 2 aromatic heterocycles. The number of benzene rings is 1. The Morgan fingerprint density at radius 3 is 2.74 bits per heavy atom. The predicted octanol–water partition coefficient (Wildman–Crippen LogP) is 4.34. The van der Waals surface area contributed by atoms with Gasteiger partial charge in [-0.15, -0.1) is 5.10 Å². The Bertz CT molecular complexity index is 1150. The number of hydrogen-bond donors (Lipinski definition) is 2. The number of thioether (sulfide) groups is 1. The fourth-order valence-electron chi connectivity index (χ4n) is 4.59. The largest absolute Gasteiger partial charge is 0.394 e. The number of alkyl halides is 3. The van der Waals surface area contributed by atoms with Gasteiger partial charge >= 0.3 is 6.18 Å². The van der Waals surface area contributed by atoms with Gasteiger partial charge in [-0.25, -0.2) is 14.6 Å². The second-order valence-corrected chi connectivity index (χ2v) is 10.0. The van der Waals surface area contributed by atoms with Crippen molar-refractivity contribution in [3.05, 3.63) is 35.9 Å². The van der Waals surface area contributed by atoms with E-state index in [-0.39, 0.29) is 42.3 Å². The Morgan fingerprint density at radius 2 is 1.97 bits per heavy atom. The molecule has 2 aliphatic carbocycles. The van der Waals surface area contributed by atoms with Gasteiger partial charge in [-0.05, 0) is 31.2 Å². The van der Waals surface area contributed by atoms with Gasteiger partial charge in [0.2, 0.25) is 0 Å². The van der Waals surface area contributed by atoms with E-state index in [1.54, 1.807) is 4.68 Å². The van der Waals surface area contributed by atoms with Gasteiger partial charge in [0.05, 0.1) is 31.8 Å². The Morgan fingerprint density at radius 1 is 1.14 bits per heavy atom. The molecule has 2 heterocycles. The molecule has 188 valence electrons. The number of aliphatic hydroxyl groups is 1. The molecule has 0 bridgehead atoms. The number of hydrogen-bond acceptors (Lipinski definition) is 8. The van der Waals surface area contributed by atoms with Gasteiger partial charge in [0.25, 0.3) is 0 Å². The third kappa shape index (κ3) is 5.87. The van der Waals surface area contributed by atoms with E-state index in [4.69, 9.17) is 9.84 Å². The lowest BCUT2D eigenvalue weighted by Crippen LogP contribution is -2.14. The van der Waals surface area contributed by atoms with Crippen LogP contribution in [0.3, 0.4) is 0 Å². The summed E-state index contributed by atoms with van der Waals surface area (Å²) in [6, 6.07) is 10.3. The molecule has 0 saturated heterocycles. The van der Waals surface area contributed by atoms with E-state index in [9.17, 15) is 13.2 Å². The molecule has 2 fully saturated rings. The molecule has 12 heteroatoms. The lowest BCUT2D eigenvalue weighted by Gasteiger charge is -2.13. The van der Waals surface area contributed by atoms with E-state index in [0.717, 1.165) is 31.0 Å². The van der Waals surface area contributed by atoms with Gasteiger partial charge in [0.15, 0.2) is 22.1 Å². The Balaban J connectivity index is 1.38. The minimum Gasteiger partial charge on any atom is -0.394 e. The molecule has 4 atom stereocenters. The second kappa shape index (κ2) is 10.3. The number of ether oxygens (including phenoxy) is 1. The molecule has 2 N–H and O–H groups in total. The highest BCUT2D eigenvalue weighted by molar-refractivity contribution is 7.99. The molecule has 0 radical (unpaired) electrons. The van der Waals surface area contributed by atoms with Crippen molar-refractivity contribution in [3.8, 4) is 0 Å². The molecule has 35 heavy (non-hydrogen) atoms. The molecule has 3 unspecified atom stereocenters. The Labute approximate surface area is 204 Å². The molecule has 0 aliphatic heterocycles. The minimum absolute atomic E-state index is 0.0115. The smallest absolute Gasteiger partial charge is 0.389 e. The van der Waals surface area contributed by atoms with E-state index >= 15 is 0 Å². The van der Waals surface area contributed by atoms with Gasteiger partial charge in [0, 0.05) is 17.7 Å². The van der Waals surface area contributed by atoms with E-state index in [1.165, 1.54) is 5.56 Å². The Hall–Kier alpha value is -2.44. The van der Waals surface area contributed by atoms with Crippen LogP contribution in [0.2, 0.25) is 0 Å². The number of aliphatic hydroxyl groups excluding tert-OH is 1. The predicted molar refractivity (Wildman–Crippen MR) is 125 cm³/mol. The molecule has 1 aromatic carbocycles. The normalized spacial score (nSPS) is 24.2. The van der Waals surface area contributed by atoms with Gasteiger partial charge in [0.1, 0.15) is 0 Å². The number of aromatic nitrogens is 5. The third-order valence-corrected chi connectivity index (χ3v) is 7.26. The van der Waals surface area contributed by atoms with E-state index in [1.807, 2.05) is 18.2 Å². The van der Waals surface area contributed by atoms with Crippen LogP contribution in [-0.2, 0) is 4.74 Å². The zero-order chi connectivity index (χ0) is 24.4. The van der Waals surface area contributed by atoms with Crippen molar-refractivity contribution in [1.29, 1.82) is 0 Å². The van der Waals surface area contributed by atoms with Crippen molar-refractivity contribution in [3.63, 3.8) is 0 Å². The summed E-state index contributed by atoms with van der Waals surface area (Å²) in [5, 5.41) is 21.4. The van der Waals surface area contributed by atoms with Crippen LogP contribution in [0.15, 0.2) is 35.5 Å². The quantitative estimate of drug-likeness (QED) is 0.308. The van der Waals surface area contributed by atoms with Crippen LogP contribution in [0.4, 0.5) is 19.0 Å². The second-order valence-electron chi connectivity index (χ2n) is 8.96. The SMILES string of the molecule is OCCOC1CCC(n2nnc3c(NC4C[C@H]4c4ccccc4)nc(SCCC(F)(F)F)nc32)C1. The van der Waals surface area contributed by atoms with Crippen LogP contribution in [0.25, 0.3) is 11.2 Å². The first-order chi connectivity index (χ1) is 16.9. The summed E-state index contributed by atoms with van der Waals surface area (Å²) < 4.78 is 45.5. The molecule has 3 aromatic rings. The van der Waals surface area contributed by atoms with Crippen LogP contribution in [-0.4, -0.2) is 67.4 Å². The summed E-state index contributed by atoms with van der Waals surface area (Å²) >= 11 is 0.984. The first-order valence-electron chi connectivity index (χ1n) is 11.8. The minimum atomic E-state index is -4.23. The zero-order valence-corrected chi connectivity index (χ0v) is 19.8. The van der Waals surface area contributed by atoms with Crippen molar-refractivity contribution in [1.82, 2.24) is 25.0 Å². The number of nitrogens with one attached hydrogen (secondary N) is 1. The lowest BCUT2D eigenvalue weighted by molar-refractivity contribution is -0.129.